The Hall–Kier alpha value is -2.31. The number of hydrogen-bond acceptors (Lipinski definition) is 6. The Morgan fingerprint density at radius 1 is 1.32 bits per heavy atom. The van der Waals surface area contributed by atoms with Crippen LogP contribution in [0.4, 0.5) is 0 Å². The molecular formula is C10H8N4O4S. The van der Waals surface area contributed by atoms with E-state index in [0.29, 0.717) is 4.31 Å². The van der Waals surface area contributed by atoms with Crippen LogP contribution in [0.15, 0.2) is 23.2 Å². The highest BCUT2D eigenvalue weighted by atomic mass is 32.2. The van der Waals surface area contributed by atoms with Gasteiger partial charge in [0.25, 0.3) is 0 Å². The largest absolute Gasteiger partial charge is 0.294 e. The van der Waals surface area contributed by atoms with Gasteiger partial charge in [0.1, 0.15) is 11.0 Å². The third-order valence-electron chi connectivity index (χ3n) is 2.41. The van der Waals surface area contributed by atoms with Crippen molar-refractivity contribution in [2.45, 2.75) is 4.90 Å². The molecule has 1 saturated heterocycles. The van der Waals surface area contributed by atoms with Gasteiger partial charge >= 0.3 is 0 Å². The van der Waals surface area contributed by atoms with E-state index >= 15 is 0 Å². The van der Waals surface area contributed by atoms with E-state index in [0.717, 1.165) is 0 Å². The quantitative estimate of drug-likeness (QED) is 0.665. The number of piperazine rings is 1. The third kappa shape index (κ3) is 2.44. The van der Waals surface area contributed by atoms with E-state index in [9.17, 15) is 18.0 Å². The number of carbonyl (C=O) groups excluding carboxylic acids is 2. The molecule has 0 aromatic carbocycles. The number of hydrogen-bond donors (Lipinski definition) is 1. The molecule has 0 radical (unpaired) electrons. The van der Waals surface area contributed by atoms with Crippen LogP contribution >= 0.6 is 0 Å². The highest BCUT2D eigenvalue weighted by molar-refractivity contribution is 7.89. The highest BCUT2D eigenvalue weighted by Crippen LogP contribution is 2.18. The first kappa shape index (κ1) is 13.1. The fraction of sp³-hybridized carbons (Fsp3) is 0.200. The maximum absolute atomic E-state index is 12.3. The molecule has 0 saturated carbocycles. The van der Waals surface area contributed by atoms with Crippen molar-refractivity contribution >= 4 is 21.8 Å². The first-order valence-electron chi connectivity index (χ1n) is 5.13. The van der Waals surface area contributed by atoms with Crippen molar-refractivity contribution in [3.8, 4) is 6.07 Å². The Kier molecular flexibility index (Phi) is 3.28. The molecule has 9 heteroatoms. The van der Waals surface area contributed by atoms with Gasteiger partial charge in [-0.25, -0.2) is 13.4 Å². The topological polar surface area (TPSA) is 120 Å². The molecule has 19 heavy (non-hydrogen) atoms. The van der Waals surface area contributed by atoms with Crippen LogP contribution in [0, 0.1) is 11.3 Å². The SMILES string of the molecule is N#Cc1ncccc1S(=O)(=O)N1CC(=O)NC(=O)C1. The fourth-order valence-electron chi connectivity index (χ4n) is 1.60. The molecule has 1 aliphatic rings. The number of sulfonamides is 1. The summed E-state index contributed by atoms with van der Waals surface area (Å²) in [7, 11) is -4.10. The summed E-state index contributed by atoms with van der Waals surface area (Å²) in [6.07, 6.45) is 1.28. The zero-order valence-electron chi connectivity index (χ0n) is 9.53. The fourth-order valence-corrected chi connectivity index (χ4v) is 3.05. The van der Waals surface area contributed by atoms with Crippen LogP contribution in [0.25, 0.3) is 0 Å². The van der Waals surface area contributed by atoms with Gasteiger partial charge in [-0.15, -0.1) is 0 Å². The van der Waals surface area contributed by atoms with Crippen LogP contribution in [-0.4, -0.2) is 42.6 Å². The lowest BCUT2D eigenvalue weighted by atomic mass is 10.4. The van der Waals surface area contributed by atoms with Crippen LogP contribution in [0.3, 0.4) is 0 Å². The van der Waals surface area contributed by atoms with E-state index in [1.807, 2.05) is 5.32 Å². The predicted octanol–water partition coefficient (Wildman–Crippen LogP) is -1.40. The van der Waals surface area contributed by atoms with E-state index in [2.05, 4.69) is 4.98 Å². The van der Waals surface area contributed by atoms with Crippen LogP contribution in [0.5, 0.6) is 0 Å². The minimum Gasteiger partial charge on any atom is -0.294 e. The summed E-state index contributed by atoms with van der Waals surface area (Å²) < 4.78 is 25.2. The smallest absolute Gasteiger partial charge is 0.246 e. The van der Waals surface area contributed by atoms with Crippen LogP contribution in [-0.2, 0) is 19.6 Å². The van der Waals surface area contributed by atoms with Gasteiger partial charge in [-0.05, 0) is 12.1 Å². The van der Waals surface area contributed by atoms with Crippen molar-refractivity contribution in [3.63, 3.8) is 0 Å². The molecule has 0 atom stereocenters. The molecular weight excluding hydrogens is 272 g/mol. The van der Waals surface area contributed by atoms with Crippen molar-refractivity contribution in [3.05, 3.63) is 24.0 Å². The first-order chi connectivity index (χ1) is 8.95. The average Bonchev–Trinajstić information content (AvgIpc) is 2.37. The number of nitrogens with one attached hydrogen (secondary N) is 1. The zero-order chi connectivity index (χ0) is 14.0. The number of imide groups is 1. The maximum Gasteiger partial charge on any atom is 0.246 e. The third-order valence-corrected chi connectivity index (χ3v) is 4.24. The minimum absolute atomic E-state index is 0.277. The number of pyridine rings is 1. The van der Waals surface area contributed by atoms with Crippen LogP contribution < -0.4 is 5.32 Å². The summed E-state index contributed by atoms with van der Waals surface area (Å²) in [5.74, 6) is -1.41. The summed E-state index contributed by atoms with van der Waals surface area (Å²) in [6.45, 7) is -0.929. The van der Waals surface area contributed by atoms with Gasteiger partial charge in [-0.2, -0.15) is 9.57 Å². The lowest BCUT2D eigenvalue weighted by molar-refractivity contribution is -0.134. The van der Waals surface area contributed by atoms with Gasteiger partial charge in [0, 0.05) is 6.20 Å². The number of aromatic nitrogens is 1. The van der Waals surface area contributed by atoms with Gasteiger partial charge in [0.15, 0.2) is 5.69 Å². The van der Waals surface area contributed by atoms with Crippen molar-refractivity contribution < 1.29 is 18.0 Å². The van der Waals surface area contributed by atoms with Crippen molar-refractivity contribution in [1.82, 2.24) is 14.6 Å². The monoisotopic (exact) mass is 280 g/mol. The molecule has 1 aromatic rings. The Balaban J connectivity index is 2.46. The minimum atomic E-state index is -4.10. The molecule has 2 rings (SSSR count). The molecule has 8 nitrogen and oxygen atoms in total. The summed E-state index contributed by atoms with van der Waals surface area (Å²) in [5, 5.41) is 10.8. The molecule has 2 amide bonds. The lowest BCUT2D eigenvalue weighted by Crippen LogP contribution is -2.53. The molecule has 1 fully saturated rings. The molecule has 0 spiro atoms. The molecule has 1 N–H and O–H groups in total. The first-order valence-corrected chi connectivity index (χ1v) is 6.57. The summed E-state index contributed by atoms with van der Waals surface area (Å²) in [4.78, 5) is 25.7. The number of rotatable bonds is 2. The number of nitrogens with zero attached hydrogens (tertiary/aromatic N) is 3. The van der Waals surface area contributed by atoms with Gasteiger partial charge < -0.3 is 0 Å². The predicted molar refractivity (Wildman–Crippen MR) is 60.9 cm³/mol. The van der Waals surface area contributed by atoms with Crippen LogP contribution in [0.2, 0.25) is 0 Å². The Bertz CT molecular complexity index is 676. The maximum atomic E-state index is 12.3. The molecule has 0 bridgehead atoms. The summed E-state index contributed by atoms with van der Waals surface area (Å²) in [6, 6.07) is 4.23. The average molecular weight is 280 g/mol. The second-order valence-corrected chi connectivity index (χ2v) is 5.61. The highest BCUT2D eigenvalue weighted by Gasteiger charge is 2.34. The van der Waals surface area contributed by atoms with E-state index in [4.69, 9.17) is 5.26 Å². The van der Waals surface area contributed by atoms with Gasteiger partial charge in [-0.1, -0.05) is 0 Å². The van der Waals surface area contributed by atoms with E-state index < -0.39 is 34.9 Å². The molecule has 1 aliphatic heterocycles. The second-order valence-electron chi connectivity index (χ2n) is 3.71. The zero-order valence-corrected chi connectivity index (χ0v) is 10.3. The van der Waals surface area contributed by atoms with Crippen molar-refractivity contribution in [2.75, 3.05) is 13.1 Å². The summed E-state index contributed by atoms with van der Waals surface area (Å²) >= 11 is 0. The normalized spacial score (nSPS) is 16.8. The molecule has 0 aliphatic carbocycles. The van der Waals surface area contributed by atoms with Crippen molar-refractivity contribution in [2.24, 2.45) is 0 Å². The molecule has 2 heterocycles. The van der Waals surface area contributed by atoms with E-state index in [-0.39, 0.29) is 10.6 Å². The molecule has 1 aromatic heterocycles. The van der Waals surface area contributed by atoms with E-state index in [1.165, 1.54) is 18.3 Å². The van der Waals surface area contributed by atoms with Crippen molar-refractivity contribution in [1.29, 1.82) is 5.26 Å². The summed E-state index contributed by atoms with van der Waals surface area (Å²) in [5.41, 5.74) is -0.277. The van der Waals surface area contributed by atoms with Gasteiger partial charge in [-0.3, -0.25) is 14.9 Å². The number of nitriles is 1. The van der Waals surface area contributed by atoms with E-state index in [1.54, 1.807) is 6.07 Å². The Morgan fingerprint density at radius 2 is 1.95 bits per heavy atom. The second kappa shape index (κ2) is 4.75. The molecule has 0 unspecified atom stereocenters. The standard InChI is InChI=1S/C10H8N4O4S/c11-4-7-8(2-1-3-12-7)19(17,18)14-5-9(15)13-10(16)6-14/h1-3H,5-6H2,(H,13,15,16). The van der Waals surface area contributed by atoms with Crippen LogP contribution in [0.1, 0.15) is 5.69 Å². The number of amides is 2. The lowest BCUT2D eigenvalue weighted by Gasteiger charge is -2.24. The molecule has 98 valence electrons. The Labute approximate surface area is 108 Å². The Morgan fingerprint density at radius 3 is 2.53 bits per heavy atom. The number of carbonyl (C=O) groups is 2. The van der Waals surface area contributed by atoms with Gasteiger partial charge in [0.2, 0.25) is 21.8 Å². The van der Waals surface area contributed by atoms with Gasteiger partial charge in [0.05, 0.1) is 13.1 Å².